The van der Waals surface area contributed by atoms with Crippen LogP contribution in [0.25, 0.3) is 33.5 Å². The first-order chi connectivity index (χ1) is 19.6. The Hall–Kier alpha value is -4.69. The fourth-order valence-corrected chi connectivity index (χ4v) is 5.41. The van der Waals surface area contributed by atoms with E-state index in [2.05, 4.69) is 27.4 Å². The van der Waals surface area contributed by atoms with Gasteiger partial charge in [-0.05, 0) is 66.4 Å². The number of nitrogens with zero attached hydrogens (tertiary/aromatic N) is 2. The molecule has 1 aliphatic heterocycles. The van der Waals surface area contributed by atoms with E-state index in [9.17, 15) is 9.90 Å². The molecule has 8 nitrogen and oxygen atoms in total. The number of H-pyrrole nitrogens is 1. The number of ether oxygens (including phenoxy) is 2. The van der Waals surface area contributed by atoms with Gasteiger partial charge in [-0.1, -0.05) is 36.4 Å². The molecule has 0 spiro atoms. The Kier molecular flexibility index (Phi) is 6.92. The second-order valence-corrected chi connectivity index (χ2v) is 10.1. The molecule has 3 aromatic carbocycles. The zero-order chi connectivity index (χ0) is 27.5. The highest BCUT2D eigenvalue weighted by molar-refractivity contribution is 5.98. The van der Waals surface area contributed by atoms with Gasteiger partial charge in [0.25, 0.3) is 5.91 Å². The zero-order valence-electron chi connectivity index (χ0n) is 22.2. The van der Waals surface area contributed by atoms with Crippen LogP contribution in [0.15, 0.2) is 85.1 Å². The van der Waals surface area contributed by atoms with Gasteiger partial charge in [0.05, 0.1) is 23.7 Å². The fraction of sp³-hybridized carbons (Fsp3) is 0.219. The van der Waals surface area contributed by atoms with Crippen LogP contribution in [-0.4, -0.2) is 52.8 Å². The van der Waals surface area contributed by atoms with Gasteiger partial charge in [-0.3, -0.25) is 4.79 Å². The first-order valence-corrected chi connectivity index (χ1v) is 13.3. The Morgan fingerprint density at radius 2 is 1.85 bits per heavy atom. The number of aromatic amines is 1. The molecule has 0 aliphatic carbocycles. The molecule has 3 heterocycles. The predicted octanol–water partition coefficient (Wildman–Crippen LogP) is 5.48. The summed E-state index contributed by atoms with van der Waals surface area (Å²) in [5, 5.41) is 13.8. The number of benzene rings is 3. The number of hydrogen-bond acceptors (Lipinski definition) is 6. The van der Waals surface area contributed by atoms with Crippen LogP contribution in [-0.2, 0) is 10.2 Å². The number of fused-ring (bicyclic) bond motifs is 1. The molecule has 202 valence electrons. The quantitative estimate of drug-likeness (QED) is 0.255. The molecule has 6 rings (SSSR count). The highest BCUT2D eigenvalue weighted by atomic mass is 16.5. The molecule has 5 aromatic rings. The molecule has 2 aromatic heterocycles. The fourth-order valence-electron chi connectivity index (χ4n) is 5.41. The van der Waals surface area contributed by atoms with Crippen molar-refractivity contribution in [3.8, 4) is 34.1 Å². The Morgan fingerprint density at radius 3 is 2.65 bits per heavy atom. The van der Waals surface area contributed by atoms with Crippen LogP contribution in [0.1, 0.15) is 28.8 Å². The average Bonchev–Trinajstić information content (AvgIpc) is 3.44. The molecule has 1 amide bonds. The molecule has 40 heavy (non-hydrogen) atoms. The van der Waals surface area contributed by atoms with Crippen LogP contribution in [0.3, 0.4) is 0 Å². The Labute approximate surface area is 232 Å². The third kappa shape index (κ3) is 4.89. The smallest absolute Gasteiger partial charge is 0.251 e. The SMILES string of the molecule is COc1ncccc1-c1ccc(O)c(-c2nc3cc(C(=O)NCC4(c5ccccc5)CCOCC4)ccc3[nH]2)c1. The van der Waals surface area contributed by atoms with E-state index < -0.39 is 0 Å². The van der Waals surface area contributed by atoms with Crippen molar-refractivity contribution < 1.29 is 19.4 Å². The lowest BCUT2D eigenvalue weighted by Gasteiger charge is -2.38. The van der Waals surface area contributed by atoms with Crippen LogP contribution >= 0.6 is 0 Å². The summed E-state index contributed by atoms with van der Waals surface area (Å²) >= 11 is 0. The van der Waals surface area contributed by atoms with Crippen LogP contribution in [0, 0.1) is 0 Å². The topological polar surface area (TPSA) is 109 Å². The maximum Gasteiger partial charge on any atom is 0.251 e. The number of carbonyl (C=O) groups is 1. The van der Waals surface area contributed by atoms with E-state index in [1.54, 1.807) is 31.5 Å². The Bertz CT molecular complexity index is 1660. The third-order valence-electron chi connectivity index (χ3n) is 7.70. The highest BCUT2D eigenvalue weighted by Gasteiger charge is 2.34. The van der Waals surface area contributed by atoms with E-state index in [4.69, 9.17) is 14.5 Å². The minimum Gasteiger partial charge on any atom is -0.507 e. The summed E-state index contributed by atoms with van der Waals surface area (Å²) in [4.78, 5) is 25.5. The van der Waals surface area contributed by atoms with Gasteiger partial charge < -0.3 is 24.9 Å². The molecule has 3 N–H and O–H groups in total. The van der Waals surface area contributed by atoms with E-state index in [0.29, 0.717) is 48.1 Å². The standard InChI is InChI=1S/C32H30N4O4/c1-39-31-24(8-5-15-33-31)21-10-12-28(37)25(18-21)29-35-26-11-9-22(19-27(26)36-29)30(38)34-20-32(13-16-40-17-14-32)23-6-3-2-4-7-23/h2-12,15,18-19,37H,13-14,16-17,20H2,1H3,(H,34,38)(H,35,36). The molecular weight excluding hydrogens is 504 g/mol. The zero-order valence-corrected chi connectivity index (χ0v) is 22.2. The van der Waals surface area contributed by atoms with Crippen molar-refractivity contribution in [3.05, 3.63) is 96.2 Å². The number of aromatic hydroxyl groups is 1. The summed E-state index contributed by atoms with van der Waals surface area (Å²) in [7, 11) is 1.57. The molecule has 0 bridgehead atoms. The molecule has 8 heteroatoms. The Morgan fingerprint density at radius 1 is 1.02 bits per heavy atom. The number of nitrogens with one attached hydrogen (secondary N) is 2. The van der Waals surface area contributed by atoms with E-state index in [-0.39, 0.29) is 17.1 Å². The normalized spacial score (nSPS) is 14.6. The predicted molar refractivity (Wildman–Crippen MR) is 153 cm³/mol. The molecular formula is C32H30N4O4. The van der Waals surface area contributed by atoms with Gasteiger partial charge in [0.1, 0.15) is 11.6 Å². The van der Waals surface area contributed by atoms with Gasteiger partial charge in [-0.2, -0.15) is 0 Å². The number of rotatable bonds is 7. The summed E-state index contributed by atoms with van der Waals surface area (Å²) in [6.07, 6.45) is 3.38. The van der Waals surface area contributed by atoms with Crippen molar-refractivity contribution in [2.45, 2.75) is 18.3 Å². The number of aromatic nitrogens is 3. The number of methoxy groups -OCH3 is 1. The van der Waals surface area contributed by atoms with Gasteiger partial charge in [-0.15, -0.1) is 0 Å². The lowest BCUT2D eigenvalue weighted by Crippen LogP contribution is -2.44. The largest absolute Gasteiger partial charge is 0.507 e. The minimum atomic E-state index is -0.154. The van der Waals surface area contributed by atoms with Crippen molar-refractivity contribution in [2.24, 2.45) is 0 Å². The first-order valence-electron chi connectivity index (χ1n) is 13.3. The van der Waals surface area contributed by atoms with E-state index in [1.165, 1.54) is 5.56 Å². The molecule has 0 radical (unpaired) electrons. The first kappa shape index (κ1) is 25.6. The summed E-state index contributed by atoms with van der Waals surface area (Å²) in [6, 6.07) is 24.8. The molecule has 1 fully saturated rings. The molecule has 0 unspecified atom stereocenters. The second-order valence-electron chi connectivity index (χ2n) is 10.1. The van der Waals surface area contributed by atoms with Crippen molar-refractivity contribution in [1.82, 2.24) is 20.3 Å². The molecule has 1 saturated heterocycles. The summed E-state index contributed by atoms with van der Waals surface area (Å²) < 4.78 is 11.0. The average molecular weight is 535 g/mol. The second kappa shape index (κ2) is 10.8. The van der Waals surface area contributed by atoms with Crippen molar-refractivity contribution in [3.63, 3.8) is 0 Å². The third-order valence-corrected chi connectivity index (χ3v) is 7.70. The van der Waals surface area contributed by atoms with Gasteiger partial charge in [0.2, 0.25) is 5.88 Å². The minimum absolute atomic E-state index is 0.0892. The van der Waals surface area contributed by atoms with Crippen LogP contribution in [0.2, 0.25) is 0 Å². The number of pyridine rings is 1. The van der Waals surface area contributed by atoms with Crippen molar-refractivity contribution >= 4 is 16.9 Å². The molecule has 1 aliphatic rings. The van der Waals surface area contributed by atoms with Crippen LogP contribution < -0.4 is 10.1 Å². The summed E-state index contributed by atoms with van der Waals surface area (Å²) in [5.74, 6) is 0.933. The number of imidazole rings is 1. The monoisotopic (exact) mass is 534 g/mol. The van der Waals surface area contributed by atoms with Crippen molar-refractivity contribution in [1.29, 1.82) is 0 Å². The van der Waals surface area contributed by atoms with Crippen LogP contribution in [0.5, 0.6) is 11.6 Å². The highest BCUT2D eigenvalue weighted by Crippen LogP contribution is 2.36. The maximum atomic E-state index is 13.3. The number of carbonyl (C=O) groups excluding carboxylic acids is 1. The maximum absolute atomic E-state index is 13.3. The number of phenols is 1. The van der Waals surface area contributed by atoms with E-state index in [0.717, 1.165) is 29.5 Å². The van der Waals surface area contributed by atoms with E-state index in [1.807, 2.05) is 48.5 Å². The lowest BCUT2D eigenvalue weighted by atomic mass is 9.74. The van der Waals surface area contributed by atoms with Gasteiger partial charge in [0.15, 0.2) is 0 Å². The number of amides is 1. The van der Waals surface area contributed by atoms with Gasteiger partial charge in [0, 0.05) is 42.5 Å². The van der Waals surface area contributed by atoms with Gasteiger partial charge >= 0.3 is 0 Å². The van der Waals surface area contributed by atoms with Gasteiger partial charge in [-0.25, -0.2) is 9.97 Å². The number of hydrogen-bond donors (Lipinski definition) is 3. The number of phenolic OH excluding ortho intramolecular Hbond substituents is 1. The van der Waals surface area contributed by atoms with Crippen molar-refractivity contribution in [2.75, 3.05) is 26.9 Å². The van der Waals surface area contributed by atoms with E-state index >= 15 is 0 Å². The molecule has 0 saturated carbocycles. The Balaban J connectivity index is 1.25. The lowest BCUT2D eigenvalue weighted by molar-refractivity contribution is 0.0487. The summed E-state index contributed by atoms with van der Waals surface area (Å²) in [6.45, 7) is 1.88. The molecule has 0 atom stereocenters. The van der Waals surface area contributed by atoms with Crippen LogP contribution in [0.4, 0.5) is 0 Å². The summed E-state index contributed by atoms with van der Waals surface area (Å²) in [5.41, 5.74) is 5.16.